The third-order valence-electron chi connectivity index (χ3n) is 11.8. The lowest BCUT2D eigenvalue weighted by Gasteiger charge is -2.40. The van der Waals surface area contributed by atoms with E-state index in [1.807, 2.05) is 58.0 Å². The second kappa shape index (κ2) is 18.8. The molecule has 4 unspecified atom stereocenters. The molecule has 4 aliphatic rings. The number of benzene rings is 1. The molecule has 2 aliphatic carbocycles. The molecule has 8 atom stereocenters. The number of nitrogens with zero attached hydrogens (tertiary/aromatic N) is 1. The number of likely N-dealkylation sites (tertiary alicyclic amines) is 1. The summed E-state index contributed by atoms with van der Waals surface area (Å²) in [6.07, 6.45) is 9.04. The first kappa shape index (κ1) is 42.2. The molecule has 0 aromatic heterocycles. The topological polar surface area (TPSA) is 183 Å². The van der Waals surface area contributed by atoms with E-state index in [-0.39, 0.29) is 41.2 Å². The highest BCUT2D eigenvalue weighted by Gasteiger charge is 2.51. The van der Waals surface area contributed by atoms with Gasteiger partial charge in [-0.3, -0.25) is 33.6 Å². The number of hydrogen-bond donors (Lipinski definition) is 5. The highest BCUT2D eigenvalue weighted by molar-refractivity contribution is 8.14. The maximum atomic E-state index is 14.9. The maximum Gasteiger partial charge on any atom is 0.290 e. The summed E-state index contributed by atoms with van der Waals surface area (Å²) < 4.78 is 0. The Kier molecular flexibility index (Phi) is 14.4. The molecule has 0 radical (unpaired) electrons. The first-order chi connectivity index (χ1) is 26.2. The first-order valence-electron chi connectivity index (χ1n) is 20.3. The summed E-state index contributed by atoms with van der Waals surface area (Å²) in [5.41, 5.74) is 0.0724. The van der Waals surface area contributed by atoms with Gasteiger partial charge in [-0.15, -0.1) is 0 Å². The van der Waals surface area contributed by atoms with Gasteiger partial charge in [0.25, 0.3) is 11.1 Å². The van der Waals surface area contributed by atoms with Crippen LogP contribution in [0.25, 0.3) is 0 Å². The van der Waals surface area contributed by atoms with Gasteiger partial charge in [-0.05, 0) is 68.3 Å². The van der Waals surface area contributed by atoms with Gasteiger partial charge in [-0.1, -0.05) is 108 Å². The summed E-state index contributed by atoms with van der Waals surface area (Å²) >= 11 is 1.03. The van der Waals surface area contributed by atoms with Gasteiger partial charge in [0, 0.05) is 11.8 Å². The Morgan fingerprint density at radius 2 is 1.55 bits per heavy atom. The fourth-order valence-electron chi connectivity index (χ4n) is 8.76. The van der Waals surface area contributed by atoms with Crippen molar-refractivity contribution >= 4 is 52.3 Å². The molecule has 1 aromatic carbocycles. The Hall–Kier alpha value is -3.94. The largest absolute Gasteiger partial charge is 0.344 e. The number of carbonyl (C=O) groups is 7. The lowest BCUT2D eigenvalue weighted by molar-refractivity contribution is -0.147. The quantitative estimate of drug-likeness (QED) is 0.173. The van der Waals surface area contributed by atoms with Crippen LogP contribution in [0.5, 0.6) is 0 Å². The minimum Gasteiger partial charge on any atom is -0.344 e. The smallest absolute Gasteiger partial charge is 0.290 e. The van der Waals surface area contributed by atoms with E-state index in [0.29, 0.717) is 19.3 Å². The van der Waals surface area contributed by atoms with Crippen molar-refractivity contribution in [3.8, 4) is 0 Å². The average molecular weight is 781 g/mol. The van der Waals surface area contributed by atoms with E-state index < -0.39 is 71.1 Å². The zero-order chi connectivity index (χ0) is 39.9. The number of carbonyl (C=O) groups excluding carboxylic acids is 7. The summed E-state index contributed by atoms with van der Waals surface area (Å²) in [6.45, 7) is 9.26. The fraction of sp³-hybridized carbons (Fsp3) is 0.683. The van der Waals surface area contributed by atoms with Crippen molar-refractivity contribution in [2.45, 2.75) is 154 Å². The standard InChI is InChI=1S/C41H60N6O7S/c1-6-15-28(33(48)38(52)42-24(2)25-16-9-7-10-17-25)43-36(50)31-22-27-20-13-14-21-30(27)47(31)39(53)34(41(3,4)5)46-37(51)32(26-18-11-8-12-19-26)45-35(49)29-23-55-40(54)44-29/h7,9-10,16-17,24,26-32,34H,6,8,11-15,18-23H2,1-5H3,(H,42,52)(H,43,50)(H,44,54)(H,45,49)(H,46,51)/t24-,27?,28?,29?,30?,31-,32-,34+/m0/s1. The Balaban J connectivity index is 1.35. The van der Waals surface area contributed by atoms with Crippen LogP contribution in [0.3, 0.4) is 0 Å². The summed E-state index contributed by atoms with van der Waals surface area (Å²) in [5, 5.41) is 14.0. The van der Waals surface area contributed by atoms with E-state index in [2.05, 4.69) is 26.6 Å². The molecule has 5 rings (SSSR count). The number of Topliss-reactive ketones (excluding diaryl/α,β-unsaturated/α-hetero) is 1. The van der Waals surface area contributed by atoms with Crippen molar-refractivity contribution < 1.29 is 33.6 Å². The molecule has 4 fully saturated rings. The molecule has 302 valence electrons. The van der Waals surface area contributed by atoms with Gasteiger partial charge in [0.15, 0.2) is 0 Å². The van der Waals surface area contributed by atoms with Gasteiger partial charge >= 0.3 is 0 Å². The van der Waals surface area contributed by atoms with Crippen LogP contribution in [-0.2, 0) is 28.8 Å². The predicted octanol–water partition coefficient (Wildman–Crippen LogP) is 4.30. The zero-order valence-corrected chi connectivity index (χ0v) is 33.8. The van der Waals surface area contributed by atoms with Crippen molar-refractivity contribution in [3.05, 3.63) is 35.9 Å². The van der Waals surface area contributed by atoms with E-state index in [9.17, 15) is 33.6 Å². The molecule has 2 saturated heterocycles. The van der Waals surface area contributed by atoms with E-state index >= 15 is 0 Å². The van der Waals surface area contributed by atoms with Gasteiger partial charge in [-0.2, -0.15) is 0 Å². The van der Waals surface area contributed by atoms with Gasteiger partial charge in [0.2, 0.25) is 29.4 Å². The van der Waals surface area contributed by atoms with E-state index in [1.165, 1.54) is 0 Å². The van der Waals surface area contributed by atoms with Crippen LogP contribution in [0.1, 0.15) is 123 Å². The van der Waals surface area contributed by atoms with Crippen LogP contribution >= 0.6 is 11.8 Å². The number of nitrogens with one attached hydrogen (secondary N) is 5. The second-order valence-electron chi connectivity index (χ2n) is 16.9. The molecule has 5 N–H and O–H groups in total. The molecule has 2 aliphatic heterocycles. The highest BCUT2D eigenvalue weighted by atomic mass is 32.2. The van der Waals surface area contributed by atoms with Gasteiger partial charge in [-0.25, -0.2) is 0 Å². The van der Waals surface area contributed by atoms with Gasteiger partial charge < -0.3 is 31.5 Å². The molecular formula is C41H60N6O7S. The van der Waals surface area contributed by atoms with Crippen LogP contribution in [0.15, 0.2) is 30.3 Å². The molecule has 0 spiro atoms. The molecule has 1 aromatic rings. The minimum atomic E-state index is -1.07. The SMILES string of the molecule is CCCC(NC(=O)[C@@H]1CC2CCCCC2N1C(=O)[C@@H](NC(=O)[C@@H](NC(=O)C1CSC(=O)N1)C1CCCCC1)C(C)(C)C)C(=O)C(=O)N[C@@H](C)c1ccccc1. The molecule has 55 heavy (non-hydrogen) atoms. The Bertz CT molecular complexity index is 1580. The summed E-state index contributed by atoms with van der Waals surface area (Å²) in [7, 11) is 0. The van der Waals surface area contributed by atoms with Crippen molar-refractivity contribution in [1.82, 2.24) is 31.5 Å². The van der Waals surface area contributed by atoms with Crippen LogP contribution in [0.4, 0.5) is 4.79 Å². The number of hydrogen-bond acceptors (Lipinski definition) is 8. The number of ketones is 1. The average Bonchev–Trinajstić information content (AvgIpc) is 3.79. The zero-order valence-electron chi connectivity index (χ0n) is 33.0. The molecule has 14 heteroatoms. The third-order valence-corrected chi connectivity index (χ3v) is 12.7. The van der Waals surface area contributed by atoms with Gasteiger partial charge in [0.1, 0.15) is 24.2 Å². The summed E-state index contributed by atoms with van der Waals surface area (Å²) in [5.74, 6) is -3.06. The van der Waals surface area contributed by atoms with Crippen LogP contribution in [0, 0.1) is 17.3 Å². The lowest BCUT2D eigenvalue weighted by atomic mass is 9.81. The number of thioether (sulfide) groups is 1. The van der Waals surface area contributed by atoms with Crippen molar-refractivity contribution in [2.75, 3.05) is 5.75 Å². The normalized spacial score (nSPS) is 25.0. The monoisotopic (exact) mass is 780 g/mol. The minimum absolute atomic E-state index is 0.0777. The van der Waals surface area contributed by atoms with E-state index in [0.717, 1.165) is 68.7 Å². The van der Waals surface area contributed by atoms with Crippen molar-refractivity contribution in [3.63, 3.8) is 0 Å². The molecule has 2 saturated carbocycles. The van der Waals surface area contributed by atoms with Crippen molar-refractivity contribution in [1.29, 1.82) is 0 Å². The number of fused-ring (bicyclic) bond motifs is 1. The molecular weight excluding hydrogens is 721 g/mol. The molecule has 2 heterocycles. The predicted molar refractivity (Wildman–Crippen MR) is 211 cm³/mol. The fourth-order valence-corrected chi connectivity index (χ4v) is 9.54. The summed E-state index contributed by atoms with van der Waals surface area (Å²) in [4.78, 5) is 97.1. The third kappa shape index (κ3) is 10.5. The highest BCUT2D eigenvalue weighted by Crippen LogP contribution is 2.41. The number of amides is 6. The van der Waals surface area contributed by atoms with E-state index in [1.54, 1.807) is 11.8 Å². The van der Waals surface area contributed by atoms with Crippen molar-refractivity contribution in [2.24, 2.45) is 17.3 Å². The molecule has 0 bridgehead atoms. The lowest BCUT2D eigenvalue weighted by Crippen LogP contribution is -2.63. The summed E-state index contributed by atoms with van der Waals surface area (Å²) in [6, 6.07) is 4.04. The Labute approximate surface area is 329 Å². The maximum absolute atomic E-state index is 14.9. The van der Waals surface area contributed by atoms with E-state index in [4.69, 9.17) is 0 Å². The molecule has 6 amide bonds. The van der Waals surface area contributed by atoms with Crippen LogP contribution < -0.4 is 26.6 Å². The Morgan fingerprint density at radius 1 is 0.873 bits per heavy atom. The van der Waals surface area contributed by atoms with Crippen LogP contribution in [-0.4, -0.2) is 87.5 Å². The van der Waals surface area contributed by atoms with Crippen LogP contribution in [0.2, 0.25) is 0 Å². The van der Waals surface area contributed by atoms with Gasteiger partial charge in [0.05, 0.1) is 12.1 Å². The first-order valence-corrected chi connectivity index (χ1v) is 21.2. The number of rotatable bonds is 14. The second-order valence-corrected chi connectivity index (χ2v) is 17.9. The Morgan fingerprint density at radius 3 is 2.18 bits per heavy atom. The molecule has 13 nitrogen and oxygen atoms in total.